The molecule has 0 amide bonds. The topological polar surface area (TPSA) is 62.1 Å². The molecule has 4 heteroatoms. The van der Waals surface area contributed by atoms with Gasteiger partial charge in [0.2, 0.25) is 0 Å². The van der Waals surface area contributed by atoms with Gasteiger partial charge in [0.25, 0.3) is 0 Å². The molecule has 0 saturated heterocycles. The maximum atomic E-state index is 11.6. The van der Waals surface area contributed by atoms with E-state index in [1.165, 1.54) is 6.92 Å². The van der Waals surface area contributed by atoms with E-state index in [-0.39, 0.29) is 5.78 Å². The van der Waals surface area contributed by atoms with Crippen LogP contribution < -0.4 is 10.1 Å². The van der Waals surface area contributed by atoms with Crippen molar-refractivity contribution in [2.75, 3.05) is 18.5 Å². The van der Waals surface area contributed by atoms with Crippen LogP contribution in [0.25, 0.3) is 0 Å². The Morgan fingerprint density at radius 3 is 2.68 bits per heavy atom. The first-order valence-electron chi connectivity index (χ1n) is 7.17. The molecule has 2 aromatic rings. The molecule has 22 heavy (non-hydrogen) atoms. The number of benzene rings is 2. The number of nitrogens with one attached hydrogen (secondary N) is 1. The molecule has 0 saturated carbocycles. The first-order chi connectivity index (χ1) is 10.7. The summed E-state index contributed by atoms with van der Waals surface area (Å²) < 4.78 is 5.61. The molecular formula is C18H18N2O2. The normalized spacial score (nSPS) is 9.82. The van der Waals surface area contributed by atoms with Crippen LogP contribution in [0.4, 0.5) is 5.69 Å². The number of para-hydroxylation sites is 1. The van der Waals surface area contributed by atoms with Crippen molar-refractivity contribution >= 4 is 11.5 Å². The fourth-order valence-corrected chi connectivity index (χ4v) is 2.07. The van der Waals surface area contributed by atoms with Gasteiger partial charge in [0, 0.05) is 17.8 Å². The molecule has 0 atom stereocenters. The molecule has 1 N–H and O–H groups in total. The van der Waals surface area contributed by atoms with Gasteiger partial charge in [-0.25, -0.2) is 0 Å². The Hall–Kier alpha value is -2.80. The molecule has 0 aromatic heterocycles. The molecule has 0 aliphatic heterocycles. The maximum Gasteiger partial charge on any atom is 0.161 e. The maximum absolute atomic E-state index is 11.6. The van der Waals surface area contributed by atoms with Crippen LogP contribution in [0.15, 0.2) is 48.5 Å². The Balaban J connectivity index is 1.86. The van der Waals surface area contributed by atoms with Crippen LogP contribution in [0.2, 0.25) is 0 Å². The van der Waals surface area contributed by atoms with Gasteiger partial charge in [0.1, 0.15) is 5.75 Å². The van der Waals surface area contributed by atoms with Crippen molar-refractivity contribution in [3.8, 4) is 11.8 Å². The Morgan fingerprint density at radius 2 is 2.00 bits per heavy atom. The highest BCUT2D eigenvalue weighted by Gasteiger charge is 2.07. The second-order valence-corrected chi connectivity index (χ2v) is 4.87. The van der Waals surface area contributed by atoms with Crippen molar-refractivity contribution in [3.05, 3.63) is 59.7 Å². The first kappa shape index (κ1) is 15.6. The standard InChI is InChI=1S/C18H18N2O2/c1-14(21)17-9-8-15(13-19)12-18(17)20-10-5-11-22-16-6-3-2-4-7-16/h2-4,6-9,12,20H,5,10-11H2,1H3. The van der Waals surface area contributed by atoms with Crippen molar-refractivity contribution in [2.24, 2.45) is 0 Å². The predicted octanol–water partition coefficient (Wildman–Crippen LogP) is 3.64. The van der Waals surface area contributed by atoms with Gasteiger partial charge in [-0.2, -0.15) is 5.26 Å². The number of hydrogen-bond acceptors (Lipinski definition) is 4. The van der Waals surface area contributed by atoms with Crippen LogP contribution in [0.3, 0.4) is 0 Å². The molecule has 0 bridgehead atoms. The largest absolute Gasteiger partial charge is 0.494 e. The summed E-state index contributed by atoms with van der Waals surface area (Å²) in [6.07, 6.45) is 0.795. The summed E-state index contributed by atoms with van der Waals surface area (Å²) in [5, 5.41) is 12.1. The predicted molar refractivity (Wildman–Crippen MR) is 86.2 cm³/mol. The lowest BCUT2D eigenvalue weighted by Crippen LogP contribution is -2.10. The van der Waals surface area contributed by atoms with Gasteiger partial charge < -0.3 is 10.1 Å². The number of nitrogens with zero attached hydrogens (tertiary/aromatic N) is 1. The highest BCUT2D eigenvalue weighted by Crippen LogP contribution is 2.18. The number of rotatable bonds is 7. The van der Waals surface area contributed by atoms with Crippen molar-refractivity contribution in [1.82, 2.24) is 0 Å². The molecule has 0 aliphatic rings. The second kappa shape index (κ2) is 7.84. The Bertz CT molecular complexity index is 675. The zero-order valence-corrected chi connectivity index (χ0v) is 12.5. The minimum absolute atomic E-state index is 0.0208. The van der Waals surface area contributed by atoms with Gasteiger partial charge in [-0.15, -0.1) is 0 Å². The van der Waals surface area contributed by atoms with Crippen LogP contribution in [-0.4, -0.2) is 18.9 Å². The first-order valence-corrected chi connectivity index (χ1v) is 7.17. The number of ether oxygens (including phenoxy) is 1. The fourth-order valence-electron chi connectivity index (χ4n) is 2.07. The lowest BCUT2D eigenvalue weighted by molar-refractivity contribution is 0.101. The number of nitriles is 1. The van der Waals surface area contributed by atoms with E-state index >= 15 is 0 Å². The summed E-state index contributed by atoms with van der Waals surface area (Å²) in [5.41, 5.74) is 1.84. The minimum atomic E-state index is -0.0208. The molecule has 0 unspecified atom stereocenters. The summed E-state index contributed by atoms with van der Waals surface area (Å²) in [6.45, 7) is 2.78. The smallest absolute Gasteiger partial charge is 0.161 e. The second-order valence-electron chi connectivity index (χ2n) is 4.87. The summed E-state index contributed by atoms with van der Waals surface area (Å²) >= 11 is 0. The number of carbonyl (C=O) groups is 1. The molecule has 0 fully saturated rings. The van der Waals surface area contributed by atoms with E-state index in [0.717, 1.165) is 12.2 Å². The van der Waals surface area contributed by atoms with Crippen LogP contribution >= 0.6 is 0 Å². The molecule has 2 rings (SSSR count). The van der Waals surface area contributed by atoms with Crippen molar-refractivity contribution < 1.29 is 9.53 Å². The van der Waals surface area contributed by atoms with Gasteiger partial charge in [0.05, 0.1) is 18.2 Å². The summed E-state index contributed by atoms with van der Waals surface area (Å²) in [6, 6.07) is 16.8. The summed E-state index contributed by atoms with van der Waals surface area (Å²) in [5.74, 6) is 0.825. The van der Waals surface area contributed by atoms with Crippen molar-refractivity contribution in [1.29, 1.82) is 5.26 Å². The van der Waals surface area contributed by atoms with Gasteiger partial charge in [-0.1, -0.05) is 18.2 Å². The fraction of sp³-hybridized carbons (Fsp3) is 0.222. The minimum Gasteiger partial charge on any atom is -0.494 e. The summed E-state index contributed by atoms with van der Waals surface area (Å²) in [7, 11) is 0. The molecule has 0 aliphatic carbocycles. The SMILES string of the molecule is CC(=O)c1ccc(C#N)cc1NCCCOc1ccccc1. The number of hydrogen-bond donors (Lipinski definition) is 1. The highest BCUT2D eigenvalue weighted by molar-refractivity contribution is 5.99. The molecule has 0 heterocycles. The van der Waals surface area contributed by atoms with Crippen LogP contribution in [0, 0.1) is 11.3 Å². The van der Waals surface area contributed by atoms with Crippen molar-refractivity contribution in [3.63, 3.8) is 0 Å². The van der Waals surface area contributed by atoms with Crippen LogP contribution in [-0.2, 0) is 0 Å². The van der Waals surface area contributed by atoms with E-state index in [2.05, 4.69) is 11.4 Å². The van der Waals surface area contributed by atoms with E-state index < -0.39 is 0 Å². The zero-order valence-electron chi connectivity index (χ0n) is 12.5. The average Bonchev–Trinajstić information content (AvgIpc) is 2.55. The molecule has 112 valence electrons. The Kier molecular flexibility index (Phi) is 5.56. The van der Waals surface area contributed by atoms with Gasteiger partial charge in [-0.3, -0.25) is 4.79 Å². The third-order valence-electron chi connectivity index (χ3n) is 3.18. The van der Waals surface area contributed by atoms with E-state index in [4.69, 9.17) is 10.00 Å². The van der Waals surface area contributed by atoms with Crippen molar-refractivity contribution in [2.45, 2.75) is 13.3 Å². The molecule has 2 aromatic carbocycles. The summed E-state index contributed by atoms with van der Waals surface area (Å²) in [4.78, 5) is 11.6. The lowest BCUT2D eigenvalue weighted by atomic mass is 10.1. The molecule has 4 nitrogen and oxygen atoms in total. The number of anilines is 1. The van der Waals surface area contributed by atoms with Crippen LogP contribution in [0.1, 0.15) is 29.3 Å². The van der Waals surface area contributed by atoms with E-state index in [0.29, 0.717) is 30.0 Å². The quantitative estimate of drug-likeness (QED) is 0.625. The molecule has 0 radical (unpaired) electrons. The van der Waals surface area contributed by atoms with Gasteiger partial charge >= 0.3 is 0 Å². The van der Waals surface area contributed by atoms with Gasteiger partial charge in [-0.05, 0) is 43.7 Å². The Labute approximate surface area is 130 Å². The van der Waals surface area contributed by atoms with E-state index in [1.54, 1.807) is 18.2 Å². The third kappa shape index (κ3) is 4.35. The van der Waals surface area contributed by atoms with E-state index in [1.807, 2.05) is 30.3 Å². The lowest BCUT2D eigenvalue weighted by Gasteiger charge is -2.11. The third-order valence-corrected chi connectivity index (χ3v) is 3.18. The highest BCUT2D eigenvalue weighted by atomic mass is 16.5. The number of Topliss-reactive ketones (excluding diaryl/α,β-unsaturated/α-hetero) is 1. The average molecular weight is 294 g/mol. The van der Waals surface area contributed by atoms with Crippen LogP contribution in [0.5, 0.6) is 5.75 Å². The monoisotopic (exact) mass is 294 g/mol. The molecular weight excluding hydrogens is 276 g/mol. The number of ketones is 1. The number of carbonyl (C=O) groups excluding carboxylic acids is 1. The molecule has 0 spiro atoms. The van der Waals surface area contributed by atoms with E-state index in [9.17, 15) is 4.79 Å². The Morgan fingerprint density at radius 1 is 1.23 bits per heavy atom. The zero-order chi connectivity index (χ0) is 15.8. The van der Waals surface area contributed by atoms with Gasteiger partial charge in [0.15, 0.2) is 5.78 Å².